The van der Waals surface area contributed by atoms with Crippen LogP contribution in [-0.2, 0) is 0 Å². The number of hydrogen-bond acceptors (Lipinski definition) is 5. The number of rotatable bonds is 3. The highest BCUT2D eigenvalue weighted by atomic mass is 32.1. The molecule has 1 amide bonds. The van der Waals surface area contributed by atoms with Crippen molar-refractivity contribution in [2.75, 3.05) is 13.1 Å². The predicted octanol–water partition coefficient (Wildman–Crippen LogP) is 4.20. The van der Waals surface area contributed by atoms with Crippen LogP contribution in [0.4, 0.5) is 0 Å². The van der Waals surface area contributed by atoms with Gasteiger partial charge in [-0.05, 0) is 30.4 Å². The number of carbonyl (C=O) groups is 1. The van der Waals surface area contributed by atoms with E-state index < -0.39 is 6.10 Å². The number of thiophene rings is 1. The maximum Gasteiger partial charge on any atom is 0.264 e. The zero-order chi connectivity index (χ0) is 18.4. The van der Waals surface area contributed by atoms with Crippen LogP contribution in [0.15, 0.2) is 48.0 Å². The van der Waals surface area contributed by atoms with E-state index in [1.807, 2.05) is 57.3 Å². The van der Waals surface area contributed by atoms with Crippen molar-refractivity contribution >= 4 is 43.9 Å². The minimum absolute atomic E-state index is 0.0784. The van der Waals surface area contributed by atoms with Gasteiger partial charge in [0.05, 0.1) is 16.5 Å². The number of amides is 1. The molecule has 138 valence electrons. The number of aromatic nitrogens is 2. The minimum Gasteiger partial charge on any atom is -0.388 e. The second-order valence-electron chi connectivity index (χ2n) is 6.95. The normalized spacial score (nSPS) is 17.0. The smallest absolute Gasteiger partial charge is 0.264 e. The van der Waals surface area contributed by atoms with Gasteiger partial charge in [-0.3, -0.25) is 9.20 Å². The summed E-state index contributed by atoms with van der Waals surface area (Å²) in [6.07, 6.45) is 3.18. The number of aliphatic hydroxyl groups excluding tert-OH is 1. The molecule has 5 nitrogen and oxygen atoms in total. The third-order valence-electron chi connectivity index (χ3n) is 5.36. The molecule has 1 fully saturated rings. The highest BCUT2D eigenvalue weighted by Gasteiger charge is 2.29. The lowest BCUT2D eigenvalue weighted by molar-refractivity contribution is 0.0465. The van der Waals surface area contributed by atoms with Gasteiger partial charge in [0.15, 0.2) is 4.96 Å². The number of fused-ring (bicyclic) bond motifs is 3. The molecule has 1 atom stereocenters. The van der Waals surface area contributed by atoms with Crippen LogP contribution in [0.5, 0.6) is 0 Å². The number of aliphatic hydroxyl groups is 1. The van der Waals surface area contributed by atoms with Crippen LogP contribution in [0.2, 0.25) is 0 Å². The van der Waals surface area contributed by atoms with Crippen LogP contribution in [-0.4, -0.2) is 38.4 Å². The van der Waals surface area contributed by atoms with E-state index in [4.69, 9.17) is 0 Å². The Morgan fingerprint density at radius 3 is 2.78 bits per heavy atom. The molecular formula is C20H19N3O2S2. The number of thiazole rings is 1. The molecule has 1 saturated heterocycles. The highest BCUT2D eigenvalue weighted by Crippen LogP contribution is 2.33. The molecule has 1 aliphatic rings. The molecule has 1 aliphatic heterocycles. The first-order valence-electron chi connectivity index (χ1n) is 9.08. The Balaban J connectivity index is 1.29. The summed E-state index contributed by atoms with van der Waals surface area (Å²) in [5, 5.41) is 12.6. The monoisotopic (exact) mass is 397 g/mol. The van der Waals surface area contributed by atoms with Crippen molar-refractivity contribution in [2.45, 2.75) is 18.9 Å². The van der Waals surface area contributed by atoms with Gasteiger partial charge in [-0.1, -0.05) is 30.3 Å². The highest BCUT2D eigenvalue weighted by molar-refractivity contribution is 7.21. The SMILES string of the molecule is O=C(c1cc2c(nc3sccn32)s1)N1CCC(C(O)c2ccccc2)CC1. The van der Waals surface area contributed by atoms with Crippen LogP contribution >= 0.6 is 22.7 Å². The summed E-state index contributed by atoms with van der Waals surface area (Å²) in [5.41, 5.74) is 1.97. The molecule has 1 unspecified atom stereocenters. The van der Waals surface area contributed by atoms with Gasteiger partial charge in [0.25, 0.3) is 5.91 Å². The fourth-order valence-corrected chi connectivity index (χ4v) is 5.62. The van der Waals surface area contributed by atoms with Crippen LogP contribution in [0.1, 0.15) is 34.2 Å². The van der Waals surface area contributed by atoms with Crippen molar-refractivity contribution in [2.24, 2.45) is 5.92 Å². The summed E-state index contributed by atoms with van der Waals surface area (Å²) in [7, 11) is 0. The molecule has 0 radical (unpaired) electrons. The van der Waals surface area contributed by atoms with E-state index in [9.17, 15) is 9.90 Å². The summed E-state index contributed by atoms with van der Waals surface area (Å²) in [6, 6.07) is 11.8. The molecule has 7 heteroatoms. The van der Waals surface area contributed by atoms with Crippen molar-refractivity contribution < 1.29 is 9.90 Å². The first-order valence-corrected chi connectivity index (χ1v) is 10.8. The molecule has 0 bridgehead atoms. The number of hydrogen-bond donors (Lipinski definition) is 1. The molecule has 0 saturated carbocycles. The fraction of sp³-hybridized carbons (Fsp3) is 0.300. The van der Waals surface area contributed by atoms with Crippen molar-refractivity contribution in [1.82, 2.24) is 14.3 Å². The van der Waals surface area contributed by atoms with Gasteiger partial charge in [-0.25, -0.2) is 4.98 Å². The van der Waals surface area contributed by atoms with Gasteiger partial charge in [-0.15, -0.1) is 22.7 Å². The van der Waals surface area contributed by atoms with E-state index in [1.165, 1.54) is 11.3 Å². The summed E-state index contributed by atoms with van der Waals surface area (Å²) in [4.78, 5) is 22.1. The van der Waals surface area contributed by atoms with E-state index >= 15 is 0 Å². The van der Waals surface area contributed by atoms with Crippen LogP contribution in [0, 0.1) is 5.92 Å². The van der Waals surface area contributed by atoms with Crippen molar-refractivity contribution in [3.05, 3.63) is 58.4 Å². The maximum absolute atomic E-state index is 12.9. The Hall–Kier alpha value is -2.22. The van der Waals surface area contributed by atoms with Gasteiger partial charge in [-0.2, -0.15) is 0 Å². The van der Waals surface area contributed by atoms with Gasteiger partial charge in [0.2, 0.25) is 0 Å². The molecular weight excluding hydrogens is 378 g/mol. The standard InChI is InChI=1S/C20H19N3O2S2/c24-17(13-4-2-1-3-5-13)14-6-8-22(9-7-14)19(25)16-12-15-18(27-16)21-20-23(15)10-11-26-20/h1-5,10-12,14,17,24H,6-9H2. The number of benzene rings is 1. The Morgan fingerprint density at radius 1 is 1.22 bits per heavy atom. The molecule has 5 rings (SSSR count). The first kappa shape index (κ1) is 16.9. The van der Waals surface area contributed by atoms with Gasteiger partial charge in [0.1, 0.15) is 4.83 Å². The van der Waals surface area contributed by atoms with Crippen molar-refractivity contribution in [3.8, 4) is 0 Å². The lowest BCUT2D eigenvalue weighted by Gasteiger charge is -2.34. The third-order valence-corrected chi connectivity index (χ3v) is 7.13. The van der Waals surface area contributed by atoms with Crippen LogP contribution in [0.3, 0.4) is 0 Å². The van der Waals surface area contributed by atoms with Crippen LogP contribution in [0.25, 0.3) is 15.3 Å². The summed E-state index contributed by atoms with van der Waals surface area (Å²) >= 11 is 3.07. The predicted molar refractivity (Wildman–Crippen MR) is 108 cm³/mol. The average molecular weight is 398 g/mol. The number of piperidine rings is 1. The lowest BCUT2D eigenvalue weighted by Crippen LogP contribution is -2.39. The lowest BCUT2D eigenvalue weighted by atomic mass is 9.87. The van der Waals surface area contributed by atoms with Crippen LogP contribution < -0.4 is 0 Å². The van der Waals surface area contributed by atoms with Crippen molar-refractivity contribution in [3.63, 3.8) is 0 Å². The Bertz CT molecular complexity index is 1090. The topological polar surface area (TPSA) is 57.8 Å². The number of nitrogens with zero attached hydrogens (tertiary/aromatic N) is 3. The molecule has 4 aromatic rings. The molecule has 1 aromatic carbocycles. The van der Waals surface area contributed by atoms with E-state index in [-0.39, 0.29) is 11.8 Å². The van der Waals surface area contributed by atoms with E-state index in [0.29, 0.717) is 13.1 Å². The molecule has 1 N–H and O–H groups in total. The molecule has 3 aromatic heterocycles. The fourth-order valence-electron chi connectivity index (χ4n) is 3.85. The third kappa shape index (κ3) is 2.96. The summed E-state index contributed by atoms with van der Waals surface area (Å²) in [5.74, 6) is 0.276. The quantitative estimate of drug-likeness (QED) is 0.564. The summed E-state index contributed by atoms with van der Waals surface area (Å²) < 4.78 is 2.04. The Labute approximate surface area is 164 Å². The second kappa shape index (κ2) is 6.74. The zero-order valence-electron chi connectivity index (χ0n) is 14.6. The zero-order valence-corrected chi connectivity index (χ0v) is 16.2. The first-order chi connectivity index (χ1) is 13.2. The number of carbonyl (C=O) groups excluding carboxylic acids is 1. The van der Waals surface area contributed by atoms with E-state index in [0.717, 1.165) is 38.6 Å². The van der Waals surface area contributed by atoms with Gasteiger partial charge >= 0.3 is 0 Å². The minimum atomic E-state index is -0.457. The second-order valence-corrected chi connectivity index (χ2v) is 8.86. The molecule has 0 spiro atoms. The van der Waals surface area contributed by atoms with Gasteiger partial charge in [0, 0.05) is 24.7 Å². The average Bonchev–Trinajstić information content (AvgIpc) is 3.40. The molecule has 0 aliphatic carbocycles. The van der Waals surface area contributed by atoms with Crippen molar-refractivity contribution in [1.29, 1.82) is 0 Å². The Morgan fingerprint density at radius 2 is 2.00 bits per heavy atom. The molecule has 4 heterocycles. The largest absolute Gasteiger partial charge is 0.388 e. The summed E-state index contributed by atoms with van der Waals surface area (Å²) in [6.45, 7) is 1.37. The Kier molecular flexibility index (Phi) is 4.22. The van der Waals surface area contributed by atoms with E-state index in [2.05, 4.69) is 4.98 Å². The maximum atomic E-state index is 12.9. The van der Waals surface area contributed by atoms with E-state index in [1.54, 1.807) is 11.3 Å². The molecule has 27 heavy (non-hydrogen) atoms. The van der Waals surface area contributed by atoms with Gasteiger partial charge < -0.3 is 10.0 Å². The number of likely N-dealkylation sites (tertiary alicyclic amines) is 1. The number of imidazole rings is 1.